The molecule has 13 rings (SSSR count). The molecule has 1 spiro atoms. The first-order valence-corrected chi connectivity index (χ1v) is 21.1. The number of nitrogens with zero attached hydrogens (tertiary/aromatic N) is 1. The molecule has 0 N–H and O–H groups in total. The Morgan fingerprint density at radius 3 is 1.51 bits per heavy atom. The van der Waals surface area contributed by atoms with Crippen molar-refractivity contribution in [2.45, 2.75) is 5.41 Å². The molecular formula is C59H37NO. The van der Waals surface area contributed by atoms with Gasteiger partial charge in [0.2, 0.25) is 0 Å². The fraction of sp³-hybridized carbons (Fsp3) is 0.0169. The van der Waals surface area contributed by atoms with Gasteiger partial charge in [0.1, 0.15) is 11.2 Å². The minimum Gasteiger partial charge on any atom is -0.455 e. The van der Waals surface area contributed by atoms with E-state index >= 15 is 0 Å². The summed E-state index contributed by atoms with van der Waals surface area (Å²) in [4.78, 5) is 2.45. The molecule has 2 aliphatic carbocycles. The Morgan fingerprint density at radius 2 is 0.836 bits per heavy atom. The number of rotatable bonds is 5. The molecule has 0 aliphatic heterocycles. The predicted molar refractivity (Wildman–Crippen MR) is 253 cm³/mol. The Labute approximate surface area is 354 Å². The first kappa shape index (κ1) is 34.0. The fourth-order valence-electron chi connectivity index (χ4n) is 10.7. The van der Waals surface area contributed by atoms with E-state index in [1.807, 2.05) is 0 Å². The molecule has 2 heteroatoms. The SMILES string of the molecule is c1ccc(-c2ccc(N(c3ccc4c(c3)C3(c5ccccc5-c5ccccc53)c3ccccc3-4)c3ccc4c(oc5c6ccccc6ccc45)c3-c3ccccc3)cc2)cc1. The van der Waals surface area contributed by atoms with Crippen LogP contribution in [0.2, 0.25) is 0 Å². The highest BCUT2D eigenvalue weighted by atomic mass is 16.3. The Hall–Kier alpha value is -7.94. The van der Waals surface area contributed by atoms with Crippen molar-refractivity contribution in [2.24, 2.45) is 0 Å². The zero-order valence-electron chi connectivity index (χ0n) is 33.2. The molecule has 1 aromatic heterocycles. The molecule has 0 unspecified atom stereocenters. The van der Waals surface area contributed by atoms with Crippen LogP contribution in [-0.2, 0) is 5.41 Å². The van der Waals surface area contributed by atoms with Crippen molar-refractivity contribution in [1.29, 1.82) is 0 Å². The van der Waals surface area contributed by atoms with Crippen LogP contribution < -0.4 is 4.90 Å². The highest BCUT2D eigenvalue weighted by Crippen LogP contribution is 2.63. The molecule has 10 aromatic carbocycles. The van der Waals surface area contributed by atoms with Crippen molar-refractivity contribution in [1.82, 2.24) is 0 Å². The Balaban J connectivity index is 1.11. The maximum Gasteiger partial charge on any atom is 0.145 e. The van der Waals surface area contributed by atoms with Gasteiger partial charge in [0.05, 0.1) is 11.1 Å². The molecule has 2 nitrogen and oxygen atoms in total. The van der Waals surface area contributed by atoms with Crippen LogP contribution in [0.25, 0.3) is 77.2 Å². The van der Waals surface area contributed by atoms with Crippen LogP contribution >= 0.6 is 0 Å². The molecule has 61 heavy (non-hydrogen) atoms. The van der Waals surface area contributed by atoms with Crippen molar-refractivity contribution in [3.63, 3.8) is 0 Å². The molecule has 284 valence electrons. The standard InChI is InChI=1S/C59H37NO/c1-3-15-38(16-4-1)39-27-30-42(31-28-39)60(55-36-35-50-49-33-29-40-17-7-8-20-44(40)57(49)61-58(50)56(55)41-18-5-2-6-19-41)43-32-34-48-47-23-11-14-26-53(47)59(54(48)37-43)51-24-12-9-21-45(51)46-22-10-13-25-52(46)59/h1-37H. The summed E-state index contributed by atoms with van der Waals surface area (Å²) in [5.74, 6) is 0. The second-order valence-corrected chi connectivity index (χ2v) is 16.3. The van der Waals surface area contributed by atoms with Crippen LogP contribution in [0, 0.1) is 0 Å². The van der Waals surface area contributed by atoms with Crippen LogP contribution in [0.1, 0.15) is 22.3 Å². The van der Waals surface area contributed by atoms with Gasteiger partial charge in [-0.2, -0.15) is 0 Å². The van der Waals surface area contributed by atoms with E-state index in [-0.39, 0.29) is 0 Å². The largest absolute Gasteiger partial charge is 0.455 e. The van der Waals surface area contributed by atoms with Crippen molar-refractivity contribution in [3.05, 3.63) is 247 Å². The lowest BCUT2D eigenvalue weighted by atomic mass is 9.70. The van der Waals surface area contributed by atoms with E-state index in [0.29, 0.717) is 0 Å². The summed E-state index contributed by atoms with van der Waals surface area (Å²) in [6.07, 6.45) is 0. The zero-order valence-corrected chi connectivity index (χ0v) is 33.2. The van der Waals surface area contributed by atoms with Crippen LogP contribution in [0.4, 0.5) is 17.1 Å². The van der Waals surface area contributed by atoms with E-state index in [4.69, 9.17) is 4.42 Å². The van der Waals surface area contributed by atoms with Crippen LogP contribution in [0.15, 0.2) is 229 Å². The summed E-state index contributed by atoms with van der Waals surface area (Å²) in [5, 5.41) is 4.50. The molecular weight excluding hydrogens is 739 g/mol. The van der Waals surface area contributed by atoms with Gasteiger partial charge in [0.15, 0.2) is 0 Å². The molecule has 11 aromatic rings. The summed E-state index contributed by atoms with van der Waals surface area (Å²) in [6.45, 7) is 0. The van der Waals surface area contributed by atoms with E-state index in [9.17, 15) is 0 Å². The minimum atomic E-state index is -0.468. The van der Waals surface area contributed by atoms with Gasteiger partial charge in [-0.05, 0) is 109 Å². The second-order valence-electron chi connectivity index (χ2n) is 16.3. The molecule has 0 saturated carbocycles. The first-order chi connectivity index (χ1) is 30.3. The summed E-state index contributed by atoms with van der Waals surface area (Å²) >= 11 is 0. The van der Waals surface area contributed by atoms with Crippen molar-refractivity contribution in [3.8, 4) is 44.5 Å². The minimum absolute atomic E-state index is 0.468. The van der Waals surface area contributed by atoms with Gasteiger partial charge in [0, 0.05) is 33.1 Å². The van der Waals surface area contributed by atoms with E-state index in [1.165, 1.54) is 61.0 Å². The number of fused-ring (bicyclic) bond motifs is 15. The van der Waals surface area contributed by atoms with Gasteiger partial charge >= 0.3 is 0 Å². The monoisotopic (exact) mass is 775 g/mol. The molecule has 0 saturated heterocycles. The van der Waals surface area contributed by atoms with E-state index in [2.05, 4.69) is 229 Å². The zero-order chi connectivity index (χ0) is 40.1. The van der Waals surface area contributed by atoms with Gasteiger partial charge in [-0.1, -0.05) is 182 Å². The third-order valence-corrected chi connectivity index (χ3v) is 13.3. The van der Waals surface area contributed by atoms with Crippen LogP contribution in [0.3, 0.4) is 0 Å². The third-order valence-electron chi connectivity index (χ3n) is 13.3. The maximum absolute atomic E-state index is 7.13. The number of anilines is 3. The molecule has 1 heterocycles. The van der Waals surface area contributed by atoms with Gasteiger partial charge in [0.25, 0.3) is 0 Å². The van der Waals surface area contributed by atoms with E-state index in [1.54, 1.807) is 0 Å². The van der Waals surface area contributed by atoms with Gasteiger partial charge < -0.3 is 9.32 Å². The highest BCUT2D eigenvalue weighted by Gasteiger charge is 2.51. The summed E-state index contributed by atoms with van der Waals surface area (Å²) in [7, 11) is 0. The first-order valence-electron chi connectivity index (χ1n) is 21.1. The molecule has 0 amide bonds. The lowest BCUT2D eigenvalue weighted by Crippen LogP contribution is -2.26. The third kappa shape index (κ3) is 4.79. The van der Waals surface area contributed by atoms with Crippen molar-refractivity contribution < 1.29 is 4.42 Å². The fourth-order valence-corrected chi connectivity index (χ4v) is 10.7. The number of hydrogen-bond acceptors (Lipinski definition) is 2. The smallest absolute Gasteiger partial charge is 0.145 e. The molecule has 2 aliphatic rings. The normalized spacial score (nSPS) is 13.0. The summed E-state index contributed by atoms with van der Waals surface area (Å²) < 4.78 is 7.13. The number of furan rings is 1. The van der Waals surface area contributed by atoms with Gasteiger partial charge in [-0.3, -0.25) is 0 Å². The van der Waals surface area contributed by atoms with Gasteiger partial charge in [-0.15, -0.1) is 0 Å². The Bertz CT molecular complexity index is 3460. The Kier molecular flexibility index (Phi) is 7.26. The van der Waals surface area contributed by atoms with Crippen LogP contribution in [0.5, 0.6) is 0 Å². The highest BCUT2D eigenvalue weighted by molar-refractivity contribution is 6.19. The maximum atomic E-state index is 7.13. The van der Waals surface area contributed by atoms with E-state index < -0.39 is 5.41 Å². The molecule has 0 atom stereocenters. The van der Waals surface area contributed by atoms with Crippen molar-refractivity contribution >= 4 is 49.8 Å². The summed E-state index contributed by atoms with van der Waals surface area (Å²) in [6, 6.07) is 82.2. The Morgan fingerprint density at radius 1 is 0.328 bits per heavy atom. The quantitative estimate of drug-likeness (QED) is 0.173. The van der Waals surface area contributed by atoms with Crippen LogP contribution in [-0.4, -0.2) is 0 Å². The van der Waals surface area contributed by atoms with Gasteiger partial charge in [-0.25, -0.2) is 0 Å². The lowest BCUT2D eigenvalue weighted by Gasteiger charge is -2.32. The number of hydrogen-bond donors (Lipinski definition) is 0. The summed E-state index contributed by atoms with van der Waals surface area (Å²) in [5.41, 5.74) is 19.5. The van der Waals surface area contributed by atoms with E-state index in [0.717, 1.165) is 55.5 Å². The predicted octanol–water partition coefficient (Wildman–Crippen LogP) is 15.9. The number of benzene rings is 10. The van der Waals surface area contributed by atoms with Crippen molar-refractivity contribution in [2.75, 3.05) is 4.90 Å². The molecule has 0 bridgehead atoms. The molecule has 0 fully saturated rings. The average molecular weight is 776 g/mol. The topological polar surface area (TPSA) is 16.4 Å². The second kappa shape index (κ2) is 13.0. The average Bonchev–Trinajstić information content (AvgIpc) is 3.97. The molecule has 0 radical (unpaired) electrons. The lowest BCUT2D eigenvalue weighted by molar-refractivity contribution is 0.674.